The number of halogens is 1. The van der Waals surface area contributed by atoms with Crippen molar-refractivity contribution in [3.8, 4) is 0 Å². The Kier molecular flexibility index (Phi) is 3.22. The summed E-state index contributed by atoms with van der Waals surface area (Å²) in [5.74, 6) is -0.789. The molecule has 0 aliphatic carbocycles. The second kappa shape index (κ2) is 3.55. The lowest BCUT2D eigenvalue weighted by Crippen LogP contribution is -2.25. The summed E-state index contributed by atoms with van der Waals surface area (Å²) in [6.45, 7) is -1.57. The summed E-state index contributed by atoms with van der Waals surface area (Å²) in [5, 5.41) is 9.71. The van der Waals surface area contributed by atoms with Crippen molar-refractivity contribution in [1.29, 1.82) is 0 Å². The van der Waals surface area contributed by atoms with Crippen LogP contribution in [-0.4, -0.2) is 24.4 Å². The van der Waals surface area contributed by atoms with Crippen LogP contribution in [0.25, 0.3) is 0 Å². The van der Waals surface area contributed by atoms with Crippen LogP contribution in [0, 0.1) is 0 Å². The molecule has 4 heteroatoms. The lowest BCUT2D eigenvalue weighted by molar-refractivity contribution is -0.123. The van der Waals surface area contributed by atoms with Gasteiger partial charge in [0, 0.05) is 0 Å². The molecule has 0 aromatic rings. The van der Waals surface area contributed by atoms with E-state index in [4.69, 9.17) is 5.11 Å². The molecular formula is C3H6FNO2. The maximum atomic E-state index is 11.1. The van der Waals surface area contributed by atoms with Crippen LogP contribution in [0.1, 0.15) is 0 Å². The molecule has 0 saturated carbocycles. The summed E-state index contributed by atoms with van der Waals surface area (Å²) in [6.07, 6.45) is 0. The fraction of sp³-hybridized carbons (Fsp3) is 0.667. The summed E-state index contributed by atoms with van der Waals surface area (Å²) in [6, 6.07) is 0. The Morgan fingerprint density at radius 1 is 1.86 bits per heavy atom. The van der Waals surface area contributed by atoms with Crippen molar-refractivity contribution in [2.45, 2.75) is 0 Å². The molecule has 0 spiro atoms. The van der Waals surface area contributed by atoms with E-state index in [0.717, 1.165) is 0 Å². The summed E-state index contributed by atoms with van der Waals surface area (Å²) >= 11 is 0. The minimum absolute atomic E-state index is 0.497. The Morgan fingerprint density at radius 2 is 2.43 bits per heavy atom. The lowest BCUT2D eigenvalue weighted by Gasteiger charge is -1.91. The number of alkyl halides is 1. The first kappa shape index (κ1) is 6.36. The Balaban J connectivity index is 3.00. The van der Waals surface area contributed by atoms with Gasteiger partial charge in [0.25, 0.3) is 5.91 Å². The number of aliphatic hydroxyl groups excluding tert-OH is 1. The molecule has 0 radical (unpaired) electrons. The molecule has 0 aliphatic rings. The van der Waals surface area contributed by atoms with Gasteiger partial charge in [-0.3, -0.25) is 4.79 Å². The Labute approximate surface area is 40.1 Å². The van der Waals surface area contributed by atoms with Crippen molar-refractivity contribution >= 4 is 5.91 Å². The molecule has 0 aliphatic heterocycles. The fourth-order valence-electron chi connectivity index (χ4n) is 0.135. The molecule has 0 heterocycles. The topological polar surface area (TPSA) is 49.3 Å². The maximum Gasteiger partial charge on any atom is 0.253 e. The normalized spacial score (nSPS) is 8.29. The van der Waals surface area contributed by atoms with Crippen LogP contribution < -0.4 is 5.32 Å². The van der Waals surface area contributed by atoms with Gasteiger partial charge in [-0.05, 0) is 0 Å². The molecule has 0 saturated heterocycles. The molecule has 0 fully saturated rings. The lowest BCUT2D eigenvalue weighted by atomic mass is 10.7. The van der Waals surface area contributed by atoms with Crippen molar-refractivity contribution in [2.24, 2.45) is 0 Å². The summed E-state index contributed by atoms with van der Waals surface area (Å²) in [7, 11) is 0. The van der Waals surface area contributed by atoms with E-state index >= 15 is 0 Å². The van der Waals surface area contributed by atoms with Crippen molar-refractivity contribution < 1.29 is 14.3 Å². The van der Waals surface area contributed by atoms with E-state index in [0.29, 0.717) is 0 Å². The van der Waals surface area contributed by atoms with Crippen LogP contribution in [0.3, 0.4) is 0 Å². The molecule has 0 unspecified atom stereocenters. The smallest absolute Gasteiger partial charge is 0.253 e. The molecule has 3 nitrogen and oxygen atoms in total. The fourth-order valence-corrected chi connectivity index (χ4v) is 0.135. The van der Waals surface area contributed by atoms with Crippen LogP contribution in [0.5, 0.6) is 0 Å². The summed E-state index contributed by atoms with van der Waals surface area (Å²) < 4.78 is 11.1. The van der Waals surface area contributed by atoms with Crippen LogP contribution >= 0.6 is 0 Å². The van der Waals surface area contributed by atoms with Crippen LogP contribution in [0.15, 0.2) is 0 Å². The Bertz CT molecular complexity index is 66.0. The first-order valence-corrected chi connectivity index (χ1v) is 1.74. The molecule has 0 bridgehead atoms. The minimum Gasteiger partial charge on any atom is -0.376 e. The quantitative estimate of drug-likeness (QED) is 0.446. The second-order valence-electron chi connectivity index (χ2n) is 0.892. The standard InChI is InChI=1S/C3H6FNO2/c4-1-3(7)5-2-6/h6H,1-2H2,(H,5,7). The molecule has 7 heavy (non-hydrogen) atoms. The average molecular weight is 107 g/mol. The zero-order chi connectivity index (χ0) is 5.70. The third-order valence-electron chi connectivity index (χ3n) is 0.398. The number of rotatable bonds is 2. The summed E-state index contributed by atoms with van der Waals surface area (Å²) in [4.78, 5) is 9.77. The van der Waals surface area contributed by atoms with Crippen molar-refractivity contribution in [3.05, 3.63) is 0 Å². The summed E-state index contributed by atoms with van der Waals surface area (Å²) in [5.41, 5.74) is 0. The minimum atomic E-state index is -1.07. The number of carbonyl (C=O) groups excluding carboxylic acids is 1. The molecule has 0 atom stereocenters. The van der Waals surface area contributed by atoms with Gasteiger partial charge < -0.3 is 10.4 Å². The largest absolute Gasteiger partial charge is 0.376 e. The number of hydrogen-bond acceptors (Lipinski definition) is 2. The average Bonchev–Trinajstić information content (AvgIpc) is 1.68. The van der Waals surface area contributed by atoms with Crippen molar-refractivity contribution in [3.63, 3.8) is 0 Å². The third-order valence-corrected chi connectivity index (χ3v) is 0.398. The zero-order valence-corrected chi connectivity index (χ0v) is 3.65. The van der Waals surface area contributed by atoms with Gasteiger partial charge in [0.1, 0.15) is 6.73 Å². The number of nitrogens with one attached hydrogen (secondary N) is 1. The van der Waals surface area contributed by atoms with Gasteiger partial charge >= 0.3 is 0 Å². The highest BCUT2D eigenvalue weighted by Gasteiger charge is 1.92. The molecule has 2 N–H and O–H groups in total. The van der Waals surface area contributed by atoms with E-state index < -0.39 is 19.3 Å². The van der Waals surface area contributed by atoms with E-state index in [9.17, 15) is 9.18 Å². The second-order valence-corrected chi connectivity index (χ2v) is 0.892. The van der Waals surface area contributed by atoms with E-state index in [-0.39, 0.29) is 0 Å². The third kappa shape index (κ3) is 3.18. The van der Waals surface area contributed by atoms with Gasteiger partial charge in [0.2, 0.25) is 0 Å². The number of amides is 1. The van der Waals surface area contributed by atoms with Crippen molar-refractivity contribution in [2.75, 3.05) is 13.4 Å². The van der Waals surface area contributed by atoms with Crippen molar-refractivity contribution in [1.82, 2.24) is 5.32 Å². The number of carbonyl (C=O) groups is 1. The van der Waals surface area contributed by atoms with Gasteiger partial charge in [-0.2, -0.15) is 0 Å². The highest BCUT2D eigenvalue weighted by atomic mass is 19.1. The predicted octanol–water partition coefficient (Wildman–Crippen LogP) is -0.978. The molecule has 1 amide bonds. The van der Waals surface area contributed by atoms with Crippen LogP contribution in [0.4, 0.5) is 4.39 Å². The predicted molar refractivity (Wildman–Crippen MR) is 21.2 cm³/mol. The van der Waals surface area contributed by atoms with Gasteiger partial charge in [0.15, 0.2) is 6.67 Å². The molecular weight excluding hydrogens is 101 g/mol. The van der Waals surface area contributed by atoms with Crippen LogP contribution in [0.2, 0.25) is 0 Å². The van der Waals surface area contributed by atoms with Crippen LogP contribution in [-0.2, 0) is 4.79 Å². The SMILES string of the molecule is O=C(CF)NCO. The number of hydrogen-bond donors (Lipinski definition) is 2. The molecule has 0 aromatic carbocycles. The Morgan fingerprint density at radius 3 is 2.57 bits per heavy atom. The number of aliphatic hydroxyl groups is 1. The first-order valence-electron chi connectivity index (χ1n) is 1.74. The maximum absolute atomic E-state index is 11.1. The highest BCUT2D eigenvalue weighted by Crippen LogP contribution is 1.63. The first-order chi connectivity index (χ1) is 3.31. The van der Waals surface area contributed by atoms with E-state index in [1.54, 1.807) is 0 Å². The van der Waals surface area contributed by atoms with Gasteiger partial charge in [0.05, 0.1) is 0 Å². The molecule has 0 rings (SSSR count). The zero-order valence-electron chi connectivity index (χ0n) is 3.65. The molecule has 0 aromatic heterocycles. The van der Waals surface area contributed by atoms with Gasteiger partial charge in [-0.1, -0.05) is 0 Å². The molecule has 42 valence electrons. The highest BCUT2D eigenvalue weighted by molar-refractivity contribution is 5.76. The van der Waals surface area contributed by atoms with Gasteiger partial charge in [-0.25, -0.2) is 4.39 Å². The van der Waals surface area contributed by atoms with Gasteiger partial charge in [-0.15, -0.1) is 0 Å². The van der Waals surface area contributed by atoms with E-state index in [2.05, 4.69) is 0 Å². The monoisotopic (exact) mass is 107 g/mol. The Hall–Kier alpha value is -0.640. The van der Waals surface area contributed by atoms with E-state index in [1.807, 2.05) is 5.32 Å². The van der Waals surface area contributed by atoms with E-state index in [1.165, 1.54) is 0 Å².